The van der Waals surface area contributed by atoms with E-state index in [1.165, 1.54) is 0 Å². The Bertz CT molecular complexity index is 1350. The number of rotatable bonds is 7. The minimum atomic E-state index is -0.368. The van der Waals surface area contributed by atoms with Crippen LogP contribution in [0.4, 0.5) is 11.4 Å². The first-order valence-electron chi connectivity index (χ1n) is 11.6. The van der Waals surface area contributed by atoms with E-state index in [9.17, 15) is 10.1 Å². The lowest BCUT2D eigenvalue weighted by Gasteiger charge is -2.34. The van der Waals surface area contributed by atoms with Crippen LogP contribution in [0.15, 0.2) is 72.9 Å². The molecule has 0 saturated carbocycles. The Morgan fingerprint density at radius 3 is 2.69 bits per heavy atom. The van der Waals surface area contributed by atoms with Gasteiger partial charge in [-0.25, -0.2) is 4.98 Å². The number of nitro benzene ring substituents is 1. The van der Waals surface area contributed by atoms with Crippen molar-refractivity contribution < 1.29 is 14.4 Å². The van der Waals surface area contributed by atoms with Crippen LogP contribution in [0, 0.1) is 10.1 Å². The molecule has 178 valence electrons. The van der Waals surface area contributed by atoms with Crippen LogP contribution in [-0.2, 0) is 11.3 Å². The van der Waals surface area contributed by atoms with Crippen molar-refractivity contribution in [2.24, 2.45) is 0 Å². The zero-order chi connectivity index (χ0) is 24.2. The number of benzene rings is 2. The SMILES string of the molecule is COc1cc(-c2cc([N+](=O)[O-])ccc2N2CCC(OCc3ccc4ccccc4n3)CC2)ccn1. The Labute approximate surface area is 203 Å². The summed E-state index contributed by atoms with van der Waals surface area (Å²) < 4.78 is 11.5. The Kier molecular flexibility index (Phi) is 6.54. The minimum absolute atomic E-state index is 0.0561. The number of pyridine rings is 2. The minimum Gasteiger partial charge on any atom is -0.481 e. The van der Waals surface area contributed by atoms with Crippen molar-refractivity contribution in [3.05, 3.63) is 88.7 Å². The molecule has 0 amide bonds. The molecule has 35 heavy (non-hydrogen) atoms. The quantitative estimate of drug-likeness (QED) is 0.264. The van der Waals surface area contributed by atoms with Crippen molar-refractivity contribution >= 4 is 22.3 Å². The number of para-hydroxylation sites is 1. The summed E-state index contributed by atoms with van der Waals surface area (Å²) in [5.74, 6) is 0.467. The smallest absolute Gasteiger partial charge is 0.270 e. The molecule has 1 fully saturated rings. The molecule has 0 unspecified atom stereocenters. The lowest BCUT2D eigenvalue weighted by Crippen LogP contribution is -2.37. The fraction of sp³-hybridized carbons (Fsp3) is 0.259. The molecule has 0 spiro atoms. The Morgan fingerprint density at radius 1 is 1.06 bits per heavy atom. The van der Waals surface area contributed by atoms with Crippen molar-refractivity contribution in [1.82, 2.24) is 9.97 Å². The molecule has 8 heteroatoms. The molecular formula is C27H26N4O4. The zero-order valence-corrected chi connectivity index (χ0v) is 19.5. The highest BCUT2D eigenvalue weighted by Gasteiger charge is 2.24. The van der Waals surface area contributed by atoms with Gasteiger partial charge in [-0.1, -0.05) is 24.3 Å². The lowest BCUT2D eigenvalue weighted by molar-refractivity contribution is -0.384. The standard InChI is InChI=1S/C27H26N4O4/c1-34-27-16-20(10-13-28-27)24-17-22(31(32)33)8-9-26(24)30-14-11-23(12-15-30)35-18-21-7-6-19-4-2-3-5-25(19)29-21/h2-10,13,16-17,23H,11-12,14-15,18H2,1H3. The topological polar surface area (TPSA) is 90.6 Å². The van der Waals surface area contributed by atoms with E-state index in [4.69, 9.17) is 14.5 Å². The van der Waals surface area contributed by atoms with Gasteiger partial charge < -0.3 is 14.4 Å². The molecule has 0 radical (unpaired) electrons. The van der Waals surface area contributed by atoms with Gasteiger partial charge in [-0.2, -0.15) is 0 Å². The summed E-state index contributed by atoms with van der Waals surface area (Å²) in [6.07, 6.45) is 3.52. The normalized spacial score (nSPS) is 14.3. The van der Waals surface area contributed by atoms with E-state index >= 15 is 0 Å². The van der Waals surface area contributed by atoms with E-state index in [1.807, 2.05) is 36.4 Å². The van der Waals surface area contributed by atoms with Gasteiger partial charge in [0.05, 0.1) is 36.0 Å². The third-order valence-electron chi connectivity index (χ3n) is 6.35. The van der Waals surface area contributed by atoms with E-state index in [1.54, 1.807) is 31.5 Å². The summed E-state index contributed by atoms with van der Waals surface area (Å²) >= 11 is 0. The Balaban J connectivity index is 1.28. The average molecular weight is 471 g/mol. The molecule has 0 N–H and O–H groups in total. The van der Waals surface area contributed by atoms with Crippen LogP contribution in [0.3, 0.4) is 0 Å². The number of hydrogen-bond donors (Lipinski definition) is 0. The molecule has 0 aliphatic carbocycles. The van der Waals surface area contributed by atoms with Gasteiger partial charge in [0, 0.05) is 54.1 Å². The third kappa shape index (κ3) is 5.07. The van der Waals surface area contributed by atoms with Gasteiger partial charge in [-0.05, 0) is 42.7 Å². The number of ether oxygens (including phenoxy) is 2. The summed E-state index contributed by atoms with van der Waals surface area (Å²) in [4.78, 5) is 22.2. The van der Waals surface area contributed by atoms with Crippen molar-refractivity contribution in [3.8, 4) is 17.0 Å². The second-order valence-corrected chi connectivity index (χ2v) is 8.54. The molecule has 5 rings (SSSR count). The van der Waals surface area contributed by atoms with Crippen LogP contribution >= 0.6 is 0 Å². The zero-order valence-electron chi connectivity index (χ0n) is 19.5. The van der Waals surface area contributed by atoms with Gasteiger partial charge in [-0.3, -0.25) is 15.1 Å². The number of aromatic nitrogens is 2. The first-order chi connectivity index (χ1) is 17.1. The van der Waals surface area contributed by atoms with Gasteiger partial charge in [-0.15, -0.1) is 0 Å². The first kappa shape index (κ1) is 22.7. The van der Waals surface area contributed by atoms with E-state index in [0.717, 1.165) is 59.3 Å². The summed E-state index contributed by atoms with van der Waals surface area (Å²) in [5.41, 5.74) is 4.53. The van der Waals surface area contributed by atoms with Crippen LogP contribution in [0.25, 0.3) is 22.0 Å². The van der Waals surface area contributed by atoms with Crippen molar-refractivity contribution in [3.63, 3.8) is 0 Å². The van der Waals surface area contributed by atoms with Crippen molar-refractivity contribution in [1.29, 1.82) is 0 Å². The number of piperidine rings is 1. The molecule has 0 bridgehead atoms. The summed E-state index contributed by atoms with van der Waals surface area (Å²) in [7, 11) is 1.55. The fourth-order valence-corrected chi connectivity index (χ4v) is 4.49. The Morgan fingerprint density at radius 2 is 1.89 bits per heavy atom. The highest BCUT2D eigenvalue weighted by atomic mass is 16.6. The molecule has 4 aromatic rings. The number of nitrogens with zero attached hydrogens (tertiary/aromatic N) is 4. The number of hydrogen-bond acceptors (Lipinski definition) is 7. The average Bonchev–Trinajstić information content (AvgIpc) is 2.91. The van der Waals surface area contributed by atoms with Gasteiger partial charge in [0.25, 0.3) is 5.69 Å². The second-order valence-electron chi connectivity index (χ2n) is 8.54. The van der Waals surface area contributed by atoms with E-state index in [2.05, 4.69) is 22.0 Å². The maximum absolute atomic E-state index is 11.4. The molecule has 2 aromatic carbocycles. The molecule has 3 heterocycles. The van der Waals surface area contributed by atoms with E-state index in [-0.39, 0.29) is 16.7 Å². The van der Waals surface area contributed by atoms with Gasteiger partial charge in [0.2, 0.25) is 5.88 Å². The van der Waals surface area contributed by atoms with Crippen molar-refractivity contribution in [2.75, 3.05) is 25.1 Å². The predicted octanol–water partition coefficient (Wildman–Crippen LogP) is 5.40. The van der Waals surface area contributed by atoms with E-state index < -0.39 is 0 Å². The number of methoxy groups -OCH3 is 1. The van der Waals surface area contributed by atoms with Crippen LogP contribution in [-0.4, -0.2) is 41.2 Å². The number of fused-ring (bicyclic) bond motifs is 1. The summed E-state index contributed by atoms with van der Waals surface area (Å²) in [6.45, 7) is 2.07. The first-order valence-corrected chi connectivity index (χ1v) is 11.6. The van der Waals surface area contributed by atoms with Crippen LogP contribution in [0.2, 0.25) is 0 Å². The van der Waals surface area contributed by atoms with Crippen LogP contribution in [0.1, 0.15) is 18.5 Å². The molecule has 1 saturated heterocycles. The van der Waals surface area contributed by atoms with Gasteiger partial charge >= 0.3 is 0 Å². The molecule has 1 aliphatic rings. The number of nitro groups is 1. The molecular weight excluding hydrogens is 444 g/mol. The van der Waals surface area contributed by atoms with Gasteiger partial charge in [0.15, 0.2) is 0 Å². The van der Waals surface area contributed by atoms with Gasteiger partial charge in [0.1, 0.15) is 0 Å². The molecule has 8 nitrogen and oxygen atoms in total. The third-order valence-corrected chi connectivity index (χ3v) is 6.35. The molecule has 0 atom stereocenters. The molecule has 1 aliphatic heterocycles. The Hall–Kier alpha value is -4.04. The predicted molar refractivity (Wildman–Crippen MR) is 135 cm³/mol. The van der Waals surface area contributed by atoms with Crippen LogP contribution in [0.5, 0.6) is 5.88 Å². The lowest BCUT2D eigenvalue weighted by atomic mass is 10.00. The highest BCUT2D eigenvalue weighted by Crippen LogP contribution is 2.36. The van der Waals surface area contributed by atoms with E-state index in [0.29, 0.717) is 12.5 Å². The largest absolute Gasteiger partial charge is 0.481 e. The highest BCUT2D eigenvalue weighted by molar-refractivity contribution is 5.81. The number of anilines is 1. The van der Waals surface area contributed by atoms with Crippen LogP contribution < -0.4 is 9.64 Å². The fourth-order valence-electron chi connectivity index (χ4n) is 4.49. The molecule has 2 aromatic heterocycles. The second kappa shape index (κ2) is 10.1. The summed E-state index contributed by atoms with van der Waals surface area (Å²) in [5, 5.41) is 12.6. The maximum atomic E-state index is 11.4. The monoisotopic (exact) mass is 470 g/mol. The summed E-state index contributed by atoms with van der Waals surface area (Å²) in [6, 6.07) is 20.8. The van der Waals surface area contributed by atoms with Crippen molar-refractivity contribution in [2.45, 2.75) is 25.6 Å². The number of non-ortho nitro benzene ring substituents is 1. The maximum Gasteiger partial charge on any atom is 0.270 e.